The van der Waals surface area contributed by atoms with Crippen molar-refractivity contribution in [1.82, 2.24) is 15.0 Å². The average molecular weight is 738 g/mol. The molecule has 0 unspecified atom stereocenters. The molecule has 7 aromatic carbocycles. The molecule has 0 amide bonds. The highest BCUT2D eigenvalue weighted by Gasteiger charge is 2.31. The molecule has 0 N–H and O–H groups in total. The first-order chi connectivity index (χ1) is 27.5. The fraction of sp³-hybridized carbons (Fsp3) is 0.0392. The van der Waals surface area contributed by atoms with E-state index >= 15 is 4.57 Å². The van der Waals surface area contributed by atoms with E-state index in [9.17, 15) is 0 Å². The summed E-state index contributed by atoms with van der Waals surface area (Å²) in [6, 6.07) is 57.5. The minimum absolute atomic E-state index is 0.755. The summed E-state index contributed by atoms with van der Waals surface area (Å²) >= 11 is 0. The van der Waals surface area contributed by atoms with Crippen LogP contribution in [0.4, 0.5) is 0 Å². The van der Waals surface area contributed by atoms with Gasteiger partial charge < -0.3 is 4.57 Å². The van der Waals surface area contributed by atoms with E-state index < -0.39 is 7.14 Å². The number of hydrogen-bond acceptors (Lipinski definition) is 4. The summed E-state index contributed by atoms with van der Waals surface area (Å²) in [4.78, 5) is 15.4. The number of aromatic nitrogens is 3. The Labute approximate surface area is 325 Å². The Bertz CT molecular complexity index is 3110. The van der Waals surface area contributed by atoms with Crippen LogP contribution in [0.15, 0.2) is 182 Å². The van der Waals surface area contributed by atoms with E-state index in [1.807, 2.05) is 85.1 Å². The molecular formula is C51H36N3OP. The van der Waals surface area contributed by atoms with E-state index in [4.69, 9.17) is 9.97 Å². The Kier molecular flexibility index (Phi) is 8.17. The standard InChI is InChI=1S/C51H36N3OP/c1-33-46-42-27-25-37(38-20-15-29-52-32-38)30-44(42)53-50(35-16-7-3-8-17-35)48(46)34(2)47-43-28-26-41(31-45(43)54-51(49(33)47)36-18-9-4-10-19-36)56(55,39-21-11-5-12-22-39)40-23-13-6-14-24-40/h3-32H,1-2H3. The third kappa shape index (κ3) is 5.37. The number of rotatable bonds is 6. The second-order valence-electron chi connectivity index (χ2n) is 14.4. The van der Waals surface area contributed by atoms with Crippen LogP contribution in [0.5, 0.6) is 0 Å². The molecule has 266 valence electrons. The zero-order chi connectivity index (χ0) is 37.8. The van der Waals surface area contributed by atoms with Crippen molar-refractivity contribution < 1.29 is 4.57 Å². The van der Waals surface area contributed by atoms with Crippen LogP contribution < -0.4 is 15.9 Å². The SMILES string of the molecule is Cc1c2c(-c3ccccc3)nc3cc(P(=O)(c4ccccc4)c4ccccc4)ccc3c2c(C)c2c(-c3ccccc3)nc3cc(-c4cccnc4)ccc3c12. The van der Waals surface area contributed by atoms with Crippen LogP contribution in [0.3, 0.4) is 0 Å². The van der Waals surface area contributed by atoms with E-state index in [0.29, 0.717) is 0 Å². The van der Waals surface area contributed by atoms with Crippen LogP contribution in [0.1, 0.15) is 11.1 Å². The van der Waals surface area contributed by atoms with Crippen molar-refractivity contribution in [3.8, 4) is 33.6 Å². The van der Waals surface area contributed by atoms with Crippen LogP contribution >= 0.6 is 7.14 Å². The second kappa shape index (κ2) is 13.5. The Balaban J connectivity index is 1.34. The molecule has 4 nitrogen and oxygen atoms in total. The third-order valence-corrected chi connectivity index (χ3v) is 14.2. The lowest BCUT2D eigenvalue weighted by Gasteiger charge is -2.23. The molecule has 56 heavy (non-hydrogen) atoms. The zero-order valence-electron chi connectivity index (χ0n) is 31.0. The first kappa shape index (κ1) is 33.8. The predicted molar refractivity (Wildman–Crippen MR) is 235 cm³/mol. The summed E-state index contributed by atoms with van der Waals surface area (Å²) in [5.41, 5.74) is 10.1. The van der Waals surface area contributed by atoms with Gasteiger partial charge in [-0.1, -0.05) is 152 Å². The fourth-order valence-electron chi connectivity index (χ4n) is 8.52. The highest BCUT2D eigenvalue weighted by Crippen LogP contribution is 2.47. The maximum atomic E-state index is 15.6. The third-order valence-electron chi connectivity index (χ3n) is 11.1. The van der Waals surface area contributed by atoms with Crippen molar-refractivity contribution in [2.75, 3.05) is 0 Å². The number of hydrogen-bond donors (Lipinski definition) is 0. The maximum Gasteiger partial charge on any atom is 0.171 e. The first-order valence-electron chi connectivity index (χ1n) is 18.9. The Hall–Kier alpha value is -6.74. The number of aryl methyl sites for hydroxylation is 2. The van der Waals surface area contributed by atoms with Crippen LogP contribution in [0.2, 0.25) is 0 Å². The van der Waals surface area contributed by atoms with Crippen LogP contribution in [-0.4, -0.2) is 15.0 Å². The van der Waals surface area contributed by atoms with E-state index in [0.717, 1.165) is 98.6 Å². The molecule has 10 rings (SSSR count). The van der Waals surface area contributed by atoms with E-state index in [1.165, 1.54) is 5.39 Å². The quantitative estimate of drug-likeness (QED) is 0.0969. The summed E-state index contributed by atoms with van der Waals surface area (Å²) in [7, 11) is -3.24. The lowest BCUT2D eigenvalue weighted by atomic mass is 9.85. The summed E-state index contributed by atoms with van der Waals surface area (Å²) in [5.74, 6) is 0. The molecule has 0 aliphatic carbocycles. The van der Waals surface area contributed by atoms with Gasteiger partial charge in [0.15, 0.2) is 7.14 Å². The van der Waals surface area contributed by atoms with Crippen LogP contribution in [0, 0.1) is 13.8 Å². The van der Waals surface area contributed by atoms with Gasteiger partial charge in [0.25, 0.3) is 0 Å². The monoisotopic (exact) mass is 737 g/mol. The molecule has 0 radical (unpaired) electrons. The molecular weight excluding hydrogens is 702 g/mol. The number of benzene rings is 7. The molecule has 0 spiro atoms. The summed E-state index contributed by atoms with van der Waals surface area (Å²) in [6.45, 7) is 4.47. The maximum absolute atomic E-state index is 15.6. The first-order valence-corrected chi connectivity index (χ1v) is 20.6. The molecule has 0 saturated heterocycles. The highest BCUT2D eigenvalue weighted by atomic mass is 31.2. The van der Waals surface area contributed by atoms with Crippen LogP contribution in [0.25, 0.3) is 77.0 Å². The fourth-order valence-corrected chi connectivity index (χ4v) is 11.2. The Morgan fingerprint density at radius 2 is 0.875 bits per heavy atom. The van der Waals surface area contributed by atoms with E-state index in [2.05, 4.69) is 110 Å². The van der Waals surface area contributed by atoms with Crippen molar-refractivity contribution in [2.24, 2.45) is 0 Å². The molecule has 0 aliphatic heterocycles. The van der Waals surface area contributed by atoms with Crippen molar-refractivity contribution in [3.05, 3.63) is 193 Å². The topological polar surface area (TPSA) is 55.7 Å². The van der Waals surface area contributed by atoms with Gasteiger partial charge in [-0.25, -0.2) is 9.97 Å². The van der Waals surface area contributed by atoms with Gasteiger partial charge in [-0.3, -0.25) is 4.98 Å². The van der Waals surface area contributed by atoms with Gasteiger partial charge in [0.05, 0.1) is 22.4 Å². The predicted octanol–water partition coefficient (Wildman–Crippen LogP) is 11.7. The molecule has 0 atom stereocenters. The van der Waals surface area contributed by atoms with E-state index in [1.54, 1.807) is 6.20 Å². The lowest BCUT2D eigenvalue weighted by molar-refractivity contribution is 0.592. The van der Waals surface area contributed by atoms with Gasteiger partial charge in [0, 0.05) is 66.5 Å². The van der Waals surface area contributed by atoms with Crippen molar-refractivity contribution in [3.63, 3.8) is 0 Å². The smallest absolute Gasteiger partial charge is 0.171 e. The molecule has 0 fully saturated rings. The molecule has 10 aromatic rings. The minimum Gasteiger partial charge on any atom is -0.309 e. The summed E-state index contributed by atoms with van der Waals surface area (Å²) < 4.78 is 15.6. The average Bonchev–Trinajstić information content (AvgIpc) is 3.27. The van der Waals surface area contributed by atoms with Crippen molar-refractivity contribution in [1.29, 1.82) is 0 Å². The molecule has 0 saturated carbocycles. The Morgan fingerprint density at radius 3 is 1.38 bits per heavy atom. The van der Waals surface area contributed by atoms with Gasteiger partial charge in [-0.15, -0.1) is 0 Å². The van der Waals surface area contributed by atoms with Crippen LogP contribution in [-0.2, 0) is 4.57 Å². The lowest BCUT2D eigenvalue weighted by Crippen LogP contribution is -2.25. The van der Waals surface area contributed by atoms with Gasteiger partial charge in [-0.2, -0.15) is 0 Å². The van der Waals surface area contributed by atoms with E-state index in [-0.39, 0.29) is 0 Å². The van der Waals surface area contributed by atoms with Gasteiger partial charge >= 0.3 is 0 Å². The molecule has 5 heteroatoms. The Morgan fingerprint density at radius 1 is 0.411 bits per heavy atom. The van der Waals surface area contributed by atoms with Gasteiger partial charge in [0.1, 0.15) is 0 Å². The van der Waals surface area contributed by atoms with Gasteiger partial charge in [0.2, 0.25) is 0 Å². The second-order valence-corrected chi connectivity index (χ2v) is 17.1. The normalized spacial score (nSPS) is 11.8. The molecule has 3 heterocycles. The summed E-state index contributed by atoms with van der Waals surface area (Å²) in [6.07, 6.45) is 3.70. The van der Waals surface area contributed by atoms with Crippen molar-refractivity contribution >= 4 is 66.4 Å². The molecule has 0 bridgehead atoms. The van der Waals surface area contributed by atoms with Gasteiger partial charge in [-0.05, 0) is 59.5 Å². The minimum atomic E-state index is -3.24. The molecule has 0 aliphatic rings. The largest absolute Gasteiger partial charge is 0.309 e. The molecule has 3 aromatic heterocycles. The highest BCUT2D eigenvalue weighted by molar-refractivity contribution is 7.85. The summed E-state index contributed by atoms with van der Waals surface area (Å²) in [5, 5.41) is 8.99. The number of pyridine rings is 3. The number of fused-ring (bicyclic) bond motifs is 6. The van der Waals surface area contributed by atoms with Crippen molar-refractivity contribution in [2.45, 2.75) is 13.8 Å². The zero-order valence-corrected chi connectivity index (χ0v) is 31.9. The number of nitrogens with zero attached hydrogens (tertiary/aromatic N) is 3.